The molecule has 0 saturated carbocycles. The molecule has 1 atom stereocenters. The number of nitrogens with one attached hydrogen (secondary N) is 1. The fourth-order valence-electron chi connectivity index (χ4n) is 3.79. The zero-order valence-corrected chi connectivity index (χ0v) is 19.2. The van der Waals surface area contributed by atoms with Crippen LogP contribution in [0.5, 0.6) is 11.5 Å². The van der Waals surface area contributed by atoms with Gasteiger partial charge in [0.1, 0.15) is 11.5 Å². The van der Waals surface area contributed by atoms with Gasteiger partial charge in [-0.3, -0.25) is 9.48 Å². The van der Waals surface area contributed by atoms with Crippen molar-refractivity contribution in [3.63, 3.8) is 0 Å². The quantitative estimate of drug-likeness (QED) is 0.420. The molecule has 1 saturated heterocycles. The summed E-state index contributed by atoms with van der Waals surface area (Å²) in [5.74, 6) is 1.21. The predicted molar refractivity (Wildman–Crippen MR) is 129 cm³/mol. The Morgan fingerprint density at radius 2 is 1.79 bits per heavy atom. The SMILES string of the molecule is O=C(Nc1ccc(Oc2ccccc2)cc1)c1cc(-c2cccs2)n([C@H]2CCS(=O)(=O)C2)n1. The van der Waals surface area contributed by atoms with E-state index in [2.05, 4.69) is 10.4 Å². The molecule has 0 bridgehead atoms. The molecule has 1 fully saturated rings. The third-order valence-electron chi connectivity index (χ3n) is 5.39. The first-order chi connectivity index (χ1) is 16.0. The van der Waals surface area contributed by atoms with E-state index < -0.39 is 9.84 Å². The molecule has 5 rings (SSSR count). The highest BCUT2D eigenvalue weighted by molar-refractivity contribution is 7.91. The smallest absolute Gasteiger partial charge is 0.276 e. The van der Waals surface area contributed by atoms with Gasteiger partial charge in [-0.15, -0.1) is 11.3 Å². The van der Waals surface area contributed by atoms with Gasteiger partial charge in [0.15, 0.2) is 15.5 Å². The van der Waals surface area contributed by atoms with Crippen molar-refractivity contribution in [2.45, 2.75) is 12.5 Å². The number of aromatic nitrogens is 2. The molecule has 33 heavy (non-hydrogen) atoms. The summed E-state index contributed by atoms with van der Waals surface area (Å²) in [4.78, 5) is 13.9. The third-order valence-corrected chi connectivity index (χ3v) is 8.03. The zero-order chi connectivity index (χ0) is 22.8. The van der Waals surface area contributed by atoms with Gasteiger partial charge in [-0.25, -0.2) is 8.42 Å². The minimum Gasteiger partial charge on any atom is -0.457 e. The molecule has 0 aliphatic carbocycles. The summed E-state index contributed by atoms with van der Waals surface area (Å²) in [6.45, 7) is 0. The van der Waals surface area contributed by atoms with Crippen LogP contribution in [0, 0.1) is 0 Å². The van der Waals surface area contributed by atoms with E-state index >= 15 is 0 Å². The number of carbonyl (C=O) groups is 1. The van der Waals surface area contributed by atoms with Gasteiger partial charge in [0.2, 0.25) is 0 Å². The Balaban J connectivity index is 1.35. The Kier molecular flexibility index (Phi) is 5.74. The van der Waals surface area contributed by atoms with E-state index in [1.807, 2.05) is 47.8 Å². The van der Waals surface area contributed by atoms with E-state index in [1.54, 1.807) is 35.0 Å². The van der Waals surface area contributed by atoms with Crippen molar-refractivity contribution in [3.8, 4) is 22.1 Å². The van der Waals surface area contributed by atoms with Crippen LogP contribution in [0.2, 0.25) is 0 Å². The first-order valence-corrected chi connectivity index (χ1v) is 13.2. The van der Waals surface area contributed by atoms with Crippen LogP contribution in [-0.2, 0) is 9.84 Å². The Bertz CT molecular complexity index is 1360. The largest absolute Gasteiger partial charge is 0.457 e. The molecule has 2 aromatic carbocycles. The van der Waals surface area contributed by atoms with E-state index in [4.69, 9.17) is 4.74 Å². The molecule has 0 spiro atoms. The Hall–Kier alpha value is -3.43. The van der Waals surface area contributed by atoms with Crippen molar-refractivity contribution in [3.05, 3.63) is 83.9 Å². The highest BCUT2D eigenvalue weighted by Gasteiger charge is 2.32. The van der Waals surface area contributed by atoms with E-state index in [0.29, 0.717) is 17.9 Å². The molecule has 7 nitrogen and oxygen atoms in total. The van der Waals surface area contributed by atoms with Crippen molar-refractivity contribution in [2.75, 3.05) is 16.8 Å². The lowest BCUT2D eigenvalue weighted by atomic mass is 10.2. The van der Waals surface area contributed by atoms with Crippen LogP contribution < -0.4 is 10.1 Å². The highest BCUT2D eigenvalue weighted by Crippen LogP contribution is 2.32. The van der Waals surface area contributed by atoms with Crippen molar-refractivity contribution in [1.82, 2.24) is 9.78 Å². The molecule has 0 unspecified atom stereocenters. The van der Waals surface area contributed by atoms with Gasteiger partial charge in [-0.1, -0.05) is 24.3 Å². The Morgan fingerprint density at radius 3 is 2.45 bits per heavy atom. The van der Waals surface area contributed by atoms with Crippen LogP contribution in [0.3, 0.4) is 0 Å². The molecule has 0 radical (unpaired) electrons. The molecule has 1 aliphatic rings. The summed E-state index contributed by atoms with van der Waals surface area (Å²) in [7, 11) is -3.09. The molecule has 1 aliphatic heterocycles. The van der Waals surface area contributed by atoms with E-state index in [1.165, 1.54) is 11.3 Å². The second-order valence-electron chi connectivity index (χ2n) is 7.79. The summed E-state index contributed by atoms with van der Waals surface area (Å²) in [5, 5.41) is 9.30. The normalized spacial score (nSPS) is 17.0. The fourth-order valence-corrected chi connectivity index (χ4v) is 6.21. The predicted octanol–water partition coefficient (Wildman–Crippen LogP) is 5.02. The molecule has 9 heteroatoms. The first kappa shape index (κ1) is 21.4. The molecule has 3 heterocycles. The standard InChI is InChI=1S/C24H21N3O4S2/c28-24(25-17-8-10-20(11-9-17)31-19-5-2-1-3-6-19)21-15-22(23-7-4-13-32-23)27(26-21)18-12-14-33(29,30)16-18/h1-11,13,15,18H,12,14,16H2,(H,25,28)/t18-/m0/s1. The van der Waals surface area contributed by atoms with Crippen molar-refractivity contribution in [1.29, 1.82) is 0 Å². The maximum Gasteiger partial charge on any atom is 0.276 e. The number of rotatable bonds is 6. The lowest BCUT2D eigenvalue weighted by molar-refractivity contribution is 0.102. The number of para-hydroxylation sites is 1. The summed E-state index contributed by atoms with van der Waals surface area (Å²) in [5.41, 5.74) is 1.60. The van der Waals surface area contributed by atoms with Gasteiger partial charge in [0.05, 0.1) is 28.1 Å². The number of sulfone groups is 1. The molecule has 168 valence electrons. The van der Waals surface area contributed by atoms with Gasteiger partial charge < -0.3 is 10.1 Å². The minimum atomic E-state index is -3.09. The highest BCUT2D eigenvalue weighted by atomic mass is 32.2. The maximum absolute atomic E-state index is 12.9. The van der Waals surface area contributed by atoms with Crippen LogP contribution in [0.4, 0.5) is 5.69 Å². The number of anilines is 1. The van der Waals surface area contributed by atoms with E-state index in [0.717, 1.165) is 16.3 Å². The van der Waals surface area contributed by atoms with Gasteiger partial charge in [0, 0.05) is 5.69 Å². The third kappa shape index (κ3) is 4.84. The lowest BCUT2D eigenvalue weighted by Gasteiger charge is -2.12. The average molecular weight is 480 g/mol. The van der Waals surface area contributed by atoms with E-state index in [-0.39, 0.29) is 29.1 Å². The van der Waals surface area contributed by atoms with Crippen molar-refractivity contribution in [2.24, 2.45) is 0 Å². The summed E-state index contributed by atoms with van der Waals surface area (Å²) < 4.78 is 31.5. The number of ether oxygens (including phenoxy) is 1. The molecule has 1 N–H and O–H groups in total. The van der Waals surface area contributed by atoms with Crippen LogP contribution >= 0.6 is 11.3 Å². The number of benzene rings is 2. The van der Waals surface area contributed by atoms with Crippen molar-refractivity contribution < 1.29 is 17.9 Å². The lowest BCUT2D eigenvalue weighted by Crippen LogP contribution is -2.16. The maximum atomic E-state index is 12.9. The van der Waals surface area contributed by atoms with Crippen LogP contribution in [0.25, 0.3) is 10.6 Å². The fraction of sp³-hybridized carbons (Fsp3) is 0.167. The van der Waals surface area contributed by atoms with Crippen molar-refractivity contribution >= 4 is 32.8 Å². The van der Waals surface area contributed by atoms with E-state index in [9.17, 15) is 13.2 Å². The second-order valence-corrected chi connectivity index (χ2v) is 11.0. The zero-order valence-electron chi connectivity index (χ0n) is 17.5. The topological polar surface area (TPSA) is 90.3 Å². The minimum absolute atomic E-state index is 0.0387. The van der Waals surface area contributed by atoms with Crippen LogP contribution in [-0.4, -0.2) is 35.6 Å². The molecular formula is C24H21N3O4S2. The van der Waals surface area contributed by atoms with Gasteiger partial charge >= 0.3 is 0 Å². The number of thiophene rings is 1. The Morgan fingerprint density at radius 1 is 1.03 bits per heavy atom. The number of nitrogens with zero attached hydrogens (tertiary/aromatic N) is 2. The van der Waals surface area contributed by atoms with Gasteiger partial charge in [-0.05, 0) is 60.3 Å². The van der Waals surface area contributed by atoms with Crippen LogP contribution in [0.1, 0.15) is 23.0 Å². The molecule has 1 amide bonds. The number of amides is 1. The van der Waals surface area contributed by atoms with Gasteiger partial charge in [-0.2, -0.15) is 5.10 Å². The molecule has 4 aromatic rings. The average Bonchev–Trinajstić information content (AvgIpc) is 3.55. The Labute approximate surface area is 195 Å². The number of hydrogen-bond donors (Lipinski definition) is 1. The summed E-state index contributed by atoms with van der Waals surface area (Å²) in [6.07, 6.45) is 0.492. The number of hydrogen-bond acceptors (Lipinski definition) is 6. The van der Waals surface area contributed by atoms with Gasteiger partial charge in [0.25, 0.3) is 5.91 Å². The summed E-state index contributed by atoms with van der Waals surface area (Å²) in [6, 6.07) is 21.8. The number of carbonyl (C=O) groups excluding carboxylic acids is 1. The molecule has 2 aromatic heterocycles. The first-order valence-electron chi connectivity index (χ1n) is 10.4. The molecular weight excluding hydrogens is 458 g/mol. The summed E-state index contributed by atoms with van der Waals surface area (Å²) >= 11 is 1.52. The monoisotopic (exact) mass is 479 g/mol. The second kappa shape index (κ2) is 8.84. The van der Waals surface area contributed by atoms with Crippen LogP contribution in [0.15, 0.2) is 78.2 Å².